The molecule has 2 N–H and O–H groups in total. The second-order valence-electron chi connectivity index (χ2n) is 16.0. The van der Waals surface area contributed by atoms with E-state index in [1.54, 1.807) is 4.90 Å². The van der Waals surface area contributed by atoms with Crippen molar-refractivity contribution in [3.8, 4) is 0 Å². The van der Waals surface area contributed by atoms with Crippen molar-refractivity contribution in [3.63, 3.8) is 0 Å². The third-order valence-electron chi connectivity index (χ3n) is 10.4. The highest BCUT2D eigenvalue weighted by molar-refractivity contribution is 9.11. The van der Waals surface area contributed by atoms with E-state index in [2.05, 4.69) is 42.0 Å². The molecule has 4 heterocycles. The number of amides is 3. The second kappa shape index (κ2) is 15.9. The van der Waals surface area contributed by atoms with Crippen LogP contribution >= 0.6 is 15.9 Å². The topological polar surface area (TPSA) is 135 Å². The van der Waals surface area contributed by atoms with Gasteiger partial charge in [0.25, 0.3) is 0 Å². The number of allylic oxidation sites excluding steroid dienone is 1. The number of rotatable bonds is 10. The number of benzene rings is 1. The van der Waals surface area contributed by atoms with Gasteiger partial charge in [-0.2, -0.15) is 0 Å². The molecule has 1 spiro atoms. The quantitative estimate of drug-likeness (QED) is 0.196. The summed E-state index contributed by atoms with van der Waals surface area (Å²) in [5.74, 6) is -3.54. The number of aliphatic hydroxyl groups excluding tert-OH is 1. The van der Waals surface area contributed by atoms with E-state index in [1.165, 1.54) is 7.11 Å². The third-order valence-corrected chi connectivity index (χ3v) is 11.1. The minimum Gasteiger partial charge on any atom is -0.455 e. The van der Waals surface area contributed by atoms with Crippen LogP contribution in [-0.4, -0.2) is 101 Å². The molecule has 11 nitrogen and oxygen atoms in total. The molecule has 0 saturated carbocycles. The van der Waals surface area contributed by atoms with E-state index in [-0.39, 0.29) is 55.9 Å². The number of aliphatic hydroxyl groups is 1. The minimum atomic E-state index is -1.41. The second-order valence-corrected chi connectivity index (χ2v) is 17.0. The SMILES string of the molecule is COC[C@H]1NC(=O)CC/C=C\CN(C(C)(C)CC(C)(C)C)C(=O)[C@@H]2N(CCCCCO)C(=O)[C@H]3[C@H](C(=O)O[C@@H]1c1ccccc1)[C@H]1O[C@@]23C=C1Br. The van der Waals surface area contributed by atoms with Crippen LogP contribution in [0.4, 0.5) is 0 Å². The molecular weight excluding hydrogens is 718 g/mol. The standard InChI is InChI=1S/C39H54BrN3O8/c1-37(2,3)24-38(4,5)43-20-14-8-12-18-28(45)41-27(23-49-6)31(25-16-10-7-11-17-25)50-36(48)29-30-34(46)42(19-13-9-15-21-44)33(35(43)47)39(30)22-26(40)32(29)51-39/h7-8,10-11,14,16-17,22,27,29-33,44H,9,12-13,15,18-21,23-24H2,1-6H3,(H,41,45)/b14-8-/t27-,29+,30-,31-,32+,33+,39-/m1/s1. The summed E-state index contributed by atoms with van der Waals surface area (Å²) < 4.78 is 19.2. The highest BCUT2D eigenvalue weighted by Gasteiger charge is 2.75. The molecule has 7 atom stereocenters. The van der Waals surface area contributed by atoms with Gasteiger partial charge in [-0.1, -0.05) is 79.2 Å². The van der Waals surface area contributed by atoms with Crippen molar-refractivity contribution < 1.29 is 38.5 Å². The van der Waals surface area contributed by atoms with Crippen molar-refractivity contribution in [1.29, 1.82) is 0 Å². The van der Waals surface area contributed by atoms with Crippen LogP contribution in [0, 0.1) is 17.3 Å². The lowest BCUT2D eigenvalue weighted by Crippen LogP contribution is -2.60. The zero-order valence-electron chi connectivity index (χ0n) is 30.7. The summed E-state index contributed by atoms with van der Waals surface area (Å²) in [5.41, 5.74) is -1.50. The molecule has 2 fully saturated rings. The molecule has 12 heteroatoms. The van der Waals surface area contributed by atoms with Crippen LogP contribution in [-0.2, 0) is 33.4 Å². The molecule has 1 aromatic carbocycles. The molecule has 0 radical (unpaired) electrons. The molecular formula is C39H54BrN3O8. The first-order valence-electron chi connectivity index (χ1n) is 18.1. The fraction of sp³-hybridized carbons (Fsp3) is 0.641. The van der Waals surface area contributed by atoms with Crippen molar-refractivity contribution in [2.45, 2.75) is 109 Å². The average Bonchev–Trinajstić information content (AvgIpc) is 3.65. The van der Waals surface area contributed by atoms with Crippen molar-refractivity contribution >= 4 is 39.6 Å². The summed E-state index contributed by atoms with van der Waals surface area (Å²) in [6, 6.07) is 7.41. The van der Waals surface area contributed by atoms with Crippen molar-refractivity contribution in [3.05, 3.63) is 58.6 Å². The predicted molar refractivity (Wildman–Crippen MR) is 195 cm³/mol. The summed E-state index contributed by atoms with van der Waals surface area (Å²) in [6.07, 6.45) is 6.98. The molecule has 280 valence electrons. The van der Waals surface area contributed by atoms with E-state index in [4.69, 9.17) is 14.2 Å². The van der Waals surface area contributed by atoms with E-state index in [0.717, 1.165) is 0 Å². The van der Waals surface area contributed by atoms with Crippen LogP contribution in [0.5, 0.6) is 0 Å². The summed E-state index contributed by atoms with van der Waals surface area (Å²) in [5, 5.41) is 12.5. The lowest BCUT2D eigenvalue weighted by atomic mass is 9.74. The zero-order valence-corrected chi connectivity index (χ0v) is 32.3. The summed E-state index contributed by atoms with van der Waals surface area (Å²) >= 11 is 3.65. The Kier molecular flexibility index (Phi) is 12.2. The number of likely N-dealkylation sites (tertiary alicyclic amines) is 1. The number of fused-ring (bicyclic) bond motifs is 2. The Morgan fingerprint density at radius 3 is 2.39 bits per heavy atom. The first-order valence-corrected chi connectivity index (χ1v) is 18.9. The predicted octanol–water partition coefficient (Wildman–Crippen LogP) is 4.83. The number of hydrogen-bond acceptors (Lipinski definition) is 8. The molecule has 2 saturated heterocycles. The van der Waals surface area contributed by atoms with Gasteiger partial charge in [-0.25, -0.2) is 0 Å². The van der Waals surface area contributed by atoms with Crippen LogP contribution in [0.3, 0.4) is 0 Å². The molecule has 3 amide bonds. The Hall–Kier alpha value is -3.06. The minimum absolute atomic E-state index is 0.0332. The molecule has 5 rings (SSSR count). The van der Waals surface area contributed by atoms with E-state index in [1.807, 2.05) is 67.3 Å². The Labute approximate surface area is 310 Å². The molecule has 4 aliphatic heterocycles. The highest BCUT2D eigenvalue weighted by Crippen LogP contribution is 2.59. The molecule has 0 unspecified atom stereocenters. The number of ether oxygens (including phenoxy) is 3. The van der Waals surface area contributed by atoms with Gasteiger partial charge < -0.3 is 34.4 Å². The molecule has 4 aliphatic rings. The number of hydrogen-bond donors (Lipinski definition) is 2. The van der Waals surface area contributed by atoms with Crippen molar-refractivity contribution in [2.75, 3.05) is 33.4 Å². The Morgan fingerprint density at radius 2 is 1.73 bits per heavy atom. The van der Waals surface area contributed by atoms with Crippen LogP contribution in [0.2, 0.25) is 0 Å². The molecule has 5 bridgehead atoms. The van der Waals surface area contributed by atoms with Gasteiger partial charge in [0.1, 0.15) is 29.8 Å². The van der Waals surface area contributed by atoms with Crippen molar-refractivity contribution in [2.24, 2.45) is 17.3 Å². The Bertz CT molecular complexity index is 1510. The highest BCUT2D eigenvalue weighted by atomic mass is 79.9. The van der Waals surface area contributed by atoms with Crippen LogP contribution in [0.25, 0.3) is 0 Å². The van der Waals surface area contributed by atoms with Gasteiger partial charge in [0.2, 0.25) is 17.7 Å². The summed E-state index contributed by atoms with van der Waals surface area (Å²) in [6.45, 7) is 11.1. The summed E-state index contributed by atoms with van der Waals surface area (Å²) in [7, 11) is 1.52. The monoisotopic (exact) mass is 771 g/mol. The number of carbonyl (C=O) groups is 4. The fourth-order valence-electron chi connectivity index (χ4n) is 8.66. The number of nitrogens with one attached hydrogen (secondary N) is 1. The van der Waals surface area contributed by atoms with E-state index < -0.39 is 53.2 Å². The maximum absolute atomic E-state index is 15.2. The Morgan fingerprint density at radius 1 is 1.00 bits per heavy atom. The largest absolute Gasteiger partial charge is 0.455 e. The van der Waals surface area contributed by atoms with Crippen molar-refractivity contribution in [1.82, 2.24) is 15.1 Å². The number of nitrogens with zero attached hydrogens (tertiary/aromatic N) is 2. The van der Waals surface area contributed by atoms with Gasteiger partial charge in [-0.15, -0.1) is 0 Å². The average molecular weight is 773 g/mol. The number of halogens is 1. The maximum atomic E-state index is 15.2. The smallest absolute Gasteiger partial charge is 0.313 e. The van der Waals surface area contributed by atoms with Gasteiger partial charge in [-0.3, -0.25) is 19.2 Å². The maximum Gasteiger partial charge on any atom is 0.313 e. The number of carbonyl (C=O) groups excluding carboxylic acids is 4. The van der Waals surface area contributed by atoms with Crippen LogP contribution in [0.15, 0.2) is 53.0 Å². The lowest BCUT2D eigenvalue weighted by molar-refractivity contribution is -0.162. The van der Waals surface area contributed by atoms with E-state index in [0.29, 0.717) is 42.1 Å². The fourth-order valence-corrected chi connectivity index (χ4v) is 9.39. The van der Waals surface area contributed by atoms with Gasteiger partial charge in [0.05, 0.1) is 18.6 Å². The first-order chi connectivity index (χ1) is 24.1. The summed E-state index contributed by atoms with van der Waals surface area (Å²) in [4.78, 5) is 61.2. The molecule has 0 aromatic heterocycles. The van der Waals surface area contributed by atoms with Crippen LogP contribution < -0.4 is 5.32 Å². The lowest BCUT2D eigenvalue weighted by Gasteiger charge is -2.45. The molecule has 0 aliphatic carbocycles. The van der Waals surface area contributed by atoms with Gasteiger partial charge in [-0.05, 0) is 63.0 Å². The number of cyclic esters (lactones) is 1. The van der Waals surface area contributed by atoms with Gasteiger partial charge in [0, 0.05) is 43.2 Å². The number of esters is 1. The number of unbranched alkanes of at least 4 members (excludes halogenated alkanes) is 2. The van der Waals surface area contributed by atoms with Gasteiger partial charge in [0.15, 0.2) is 0 Å². The van der Waals surface area contributed by atoms with E-state index in [9.17, 15) is 19.5 Å². The van der Waals surface area contributed by atoms with Crippen LogP contribution in [0.1, 0.15) is 84.8 Å². The molecule has 1 aromatic rings. The first kappa shape index (κ1) is 39.2. The molecule has 51 heavy (non-hydrogen) atoms. The number of methoxy groups -OCH3 is 1. The Balaban J connectivity index is 1.64. The zero-order chi connectivity index (χ0) is 37.1. The third kappa shape index (κ3) is 8.14. The van der Waals surface area contributed by atoms with E-state index >= 15 is 4.79 Å². The van der Waals surface area contributed by atoms with Gasteiger partial charge >= 0.3 is 5.97 Å². The normalized spacial score (nSPS) is 31.0.